The molecule has 1 aromatic heterocycles. The number of tetrazole rings is 1. The number of rotatable bonds is 9. The molecule has 3 rings (SSSR count). The predicted molar refractivity (Wildman–Crippen MR) is 96.3 cm³/mol. The molecule has 1 amide bonds. The number of nitrogens with one attached hydrogen (secondary N) is 1. The van der Waals surface area contributed by atoms with E-state index in [4.69, 9.17) is 4.74 Å². The molecule has 1 aliphatic rings. The fourth-order valence-electron chi connectivity index (χ4n) is 2.99. The molecule has 1 saturated heterocycles. The van der Waals surface area contributed by atoms with Crippen LogP contribution in [0.25, 0.3) is 0 Å². The second-order valence-corrected chi connectivity index (χ2v) is 6.54. The summed E-state index contributed by atoms with van der Waals surface area (Å²) in [5.74, 6) is 0.533. The van der Waals surface area contributed by atoms with Crippen molar-refractivity contribution in [3.05, 3.63) is 41.5 Å². The van der Waals surface area contributed by atoms with Gasteiger partial charge in [-0.2, -0.15) is 0 Å². The first kappa shape index (κ1) is 19.4. The van der Waals surface area contributed by atoms with Crippen molar-refractivity contribution >= 4 is 5.91 Å². The van der Waals surface area contributed by atoms with Gasteiger partial charge in [-0.15, -0.1) is 5.10 Å². The fraction of sp³-hybridized carbons (Fsp3) is 0.556. The largest absolute Gasteiger partial charge is 0.379 e. The summed E-state index contributed by atoms with van der Waals surface area (Å²) in [6.45, 7) is 5.01. The van der Waals surface area contributed by atoms with E-state index >= 15 is 0 Å². The Morgan fingerprint density at radius 2 is 2.15 bits per heavy atom. The highest BCUT2D eigenvalue weighted by Crippen LogP contribution is 2.06. The van der Waals surface area contributed by atoms with Gasteiger partial charge in [0.05, 0.1) is 19.8 Å². The summed E-state index contributed by atoms with van der Waals surface area (Å²) in [5, 5.41) is 14.7. The maximum absolute atomic E-state index is 13.1. The van der Waals surface area contributed by atoms with E-state index in [2.05, 4.69) is 25.7 Å². The molecule has 1 aliphatic heterocycles. The number of carbonyl (C=O) groups excluding carboxylic acids is 1. The third-order valence-electron chi connectivity index (χ3n) is 4.47. The number of morpholine rings is 1. The Kier molecular flexibility index (Phi) is 7.23. The van der Waals surface area contributed by atoms with E-state index in [1.54, 1.807) is 10.7 Å². The molecule has 0 radical (unpaired) electrons. The molecule has 0 unspecified atom stereocenters. The van der Waals surface area contributed by atoms with Crippen LogP contribution in [0.3, 0.4) is 0 Å². The molecule has 146 valence electrons. The summed E-state index contributed by atoms with van der Waals surface area (Å²) in [5.41, 5.74) is 0.872. The van der Waals surface area contributed by atoms with E-state index < -0.39 is 0 Å². The predicted octanol–water partition coefficient (Wildman–Crippen LogP) is 0.784. The number of amides is 1. The minimum Gasteiger partial charge on any atom is -0.379 e. The van der Waals surface area contributed by atoms with Gasteiger partial charge in [-0.3, -0.25) is 9.69 Å². The second kappa shape index (κ2) is 10.1. The molecule has 2 aromatic rings. The minimum absolute atomic E-state index is 0.0193. The molecule has 2 heterocycles. The van der Waals surface area contributed by atoms with Crippen LogP contribution in [0.15, 0.2) is 24.3 Å². The van der Waals surface area contributed by atoms with Gasteiger partial charge >= 0.3 is 0 Å². The monoisotopic (exact) mass is 376 g/mol. The van der Waals surface area contributed by atoms with E-state index in [0.717, 1.165) is 37.7 Å². The van der Waals surface area contributed by atoms with Crippen molar-refractivity contribution in [3.8, 4) is 0 Å². The topological polar surface area (TPSA) is 85.2 Å². The molecule has 8 nitrogen and oxygen atoms in total. The maximum Gasteiger partial charge on any atom is 0.220 e. The van der Waals surface area contributed by atoms with E-state index in [9.17, 15) is 9.18 Å². The smallest absolute Gasteiger partial charge is 0.220 e. The van der Waals surface area contributed by atoms with Crippen LogP contribution in [0, 0.1) is 5.82 Å². The average Bonchev–Trinajstić information content (AvgIpc) is 3.10. The molecule has 1 fully saturated rings. The van der Waals surface area contributed by atoms with E-state index in [0.29, 0.717) is 38.9 Å². The molecule has 0 bridgehead atoms. The van der Waals surface area contributed by atoms with Crippen molar-refractivity contribution in [1.29, 1.82) is 0 Å². The molecule has 1 aromatic carbocycles. The zero-order chi connectivity index (χ0) is 18.9. The molecule has 1 N–H and O–H groups in total. The van der Waals surface area contributed by atoms with Crippen molar-refractivity contribution in [2.24, 2.45) is 0 Å². The highest BCUT2D eigenvalue weighted by atomic mass is 19.1. The van der Waals surface area contributed by atoms with Gasteiger partial charge < -0.3 is 10.1 Å². The number of hydrogen-bond acceptors (Lipinski definition) is 6. The summed E-state index contributed by atoms with van der Waals surface area (Å²) >= 11 is 0. The van der Waals surface area contributed by atoms with Crippen LogP contribution in [-0.4, -0.2) is 63.9 Å². The van der Waals surface area contributed by atoms with Gasteiger partial charge in [0.25, 0.3) is 0 Å². The van der Waals surface area contributed by atoms with Gasteiger partial charge in [0.2, 0.25) is 5.91 Å². The van der Waals surface area contributed by atoms with Crippen molar-refractivity contribution in [1.82, 2.24) is 30.4 Å². The van der Waals surface area contributed by atoms with Gasteiger partial charge in [-0.25, -0.2) is 9.07 Å². The highest BCUT2D eigenvalue weighted by molar-refractivity contribution is 5.75. The van der Waals surface area contributed by atoms with Crippen LogP contribution < -0.4 is 5.32 Å². The van der Waals surface area contributed by atoms with Crippen molar-refractivity contribution in [2.45, 2.75) is 32.4 Å². The molecule has 0 aliphatic carbocycles. The van der Waals surface area contributed by atoms with Crippen LogP contribution in [0.4, 0.5) is 4.39 Å². The molecule has 0 spiro atoms. The molecule has 9 heteroatoms. The number of nitrogens with zero attached hydrogens (tertiary/aromatic N) is 5. The quantitative estimate of drug-likeness (QED) is 0.696. The first-order chi connectivity index (χ1) is 13.2. The lowest BCUT2D eigenvalue weighted by atomic mass is 10.1. The van der Waals surface area contributed by atoms with Crippen molar-refractivity contribution in [2.75, 3.05) is 32.8 Å². The fourth-order valence-corrected chi connectivity index (χ4v) is 2.99. The Bertz CT molecular complexity index is 732. The summed E-state index contributed by atoms with van der Waals surface area (Å²) in [6, 6.07) is 6.42. The molecular formula is C18H25FN6O2. The zero-order valence-electron chi connectivity index (χ0n) is 15.3. The molecular weight excluding hydrogens is 351 g/mol. The van der Waals surface area contributed by atoms with Gasteiger partial charge in [0.15, 0.2) is 5.82 Å². The molecule has 0 atom stereocenters. The summed E-state index contributed by atoms with van der Waals surface area (Å²) < 4.78 is 20.2. The number of halogens is 1. The number of hydrogen-bond donors (Lipinski definition) is 1. The van der Waals surface area contributed by atoms with E-state index in [1.807, 2.05) is 6.07 Å². The van der Waals surface area contributed by atoms with Crippen LogP contribution in [0.5, 0.6) is 0 Å². The Balaban J connectivity index is 1.34. The summed E-state index contributed by atoms with van der Waals surface area (Å²) in [7, 11) is 0. The lowest BCUT2D eigenvalue weighted by Crippen LogP contribution is -2.36. The first-order valence-corrected chi connectivity index (χ1v) is 9.27. The zero-order valence-corrected chi connectivity index (χ0v) is 15.3. The van der Waals surface area contributed by atoms with Crippen LogP contribution in [0.2, 0.25) is 0 Å². The number of benzene rings is 1. The highest BCUT2D eigenvalue weighted by Gasteiger charge is 2.15. The Morgan fingerprint density at radius 1 is 1.30 bits per heavy atom. The van der Waals surface area contributed by atoms with Crippen molar-refractivity contribution < 1.29 is 13.9 Å². The SMILES string of the molecule is O=C(CCCn1nnnc1CN1CCOCC1)NCCc1cccc(F)c1. The summed E-state index contributed by atoms with van der Waals surface area (Å²) in [6.07, 6.45) is 1.67. The normalized spacial score (nSPS) is 15.0. The number of aromatic nitrogens is 4. The van der Waals surface area contributed by atoms with Gasteiger partial charge in [-0.1, -0.05) is 12.1 Å². The summed E-state index contributed by atoms with van der Waals surface area (Å²) in [4.78, 5) is 14.2. The third-order valence-corrected chi connectivity index (χ3v) is 4.47. The van der Waals surface area contributed by atoms with Crippen LogP contribution >= 0.6 is 0 Å². The number of carbonyl (C=O) groups is 1. The third kappa shape index (κ3) is 6.37. The van der Waals surface area contributed by atoms with Gasteiger partial charge in [0.1, 0.15) is 5.82 Å². The standard InChI is InChI=1S/C18H25FN6O2/c19-16-4-1-3-15(13-16)6-7-20-18(26)5-2-8-25-17(21-22-23-25)14-24-9-11-27-12-10-24/h1,3-4,13H,2,5-12,14H2,(H,20,26). The Labute approximate surface area is 157 Å². The minimum atomic E-state index is -0.256. The average molecular weight is 376 g/mol. The molecule has 27 heavy (non-hydrogen) atoms. The van der Waals surface area contributed by atoms with E-state index in [1.165, 1.54) is 12.1 Å². The lowest BCUT2D eigenvalue weighted by Gasteiger charge is -2.25. The Morgan fingerprint density at radius 3 is 2.96 bits per heavy atom. The lowest BCUT2D eigenvalue weighted by molar-refractivity contribution is -0.121. The van der Waals surface area contributed by atoms with Crippen molar-refractivity contribution in [3.63, 3.8) is 0 Å². The first-order valence-electron chi connectivity index (χ1n) is 9.27. The van der Waals surface area contributed by atoms with Gasteiger partial charge in [0, 0.05) is 32.6 Å². The van der Waals surface area contributed by atoms with Crippen LogP contribution in [0.1, 0.15) is 24.2 Å². The van der Waals surface area contributed by atoms with E-state index in [-0.39, 0.29) is 11.7 Å². The maximum atomic E-state index is 13.1. The number of aryl methyl sites for hydroxylation is 1. The number of ether oxygens (including phenoxy) is 1. The Hall–Kier alpha value is -2.39. The second-order valence-electron chi connectivity index (χ2n) is 6.54. The molecule has 0 saturated carbocycles. The van der Waals surface area contributed by atoms with Gasteiger partial charge in [-0.05, 0) is 41.0 Å². The van der Waals surface area contributed by atoms with Crippen LogP contribution in [-0.2, 0) is 29.0 Å².